The van der Waals surface area contributed by atoms with Gasteiger partial charge in [-0.1, -0.05) is 20.3 Å². The third kappa shape index (κ3) is 3.22. The van der Waals surface area contributed by atoms with Crippen LogP contribution in [0.5, 0.6) is 0 Å². The minimum absolute atomic E-state index is 0.289. The van der Waals surface area contributed by atoms with Crippen molar-refractivity contribution in [3.8, 4) is 0 Å². The summed E-state index contributed by atoms with van der Waals surface area (Å²) >= 11 is 0. The predicted molar refractivity (Wildman–Crippen MR) is 88.0 cm³/mol. The van der Waals surface area contributed by atoms with Gasteiger partial charge in [0.1, 0.15) is 0 Å². The first-order chi connectivity index (χ1) is 9.51. The molecule has 2 bridgehead atoms. The number of rotatable bonds is 8. The monoisotopic (exact) mass is 280 g/mol. The standard InChI is InChI=1S/C18H36N2/c1-6-10-19-17(18(3,7-2)20(4)5)13-16-12-14-8-9-15(16)11-14/h14-17,19H,6-13H2,1-5H3. The summed E-state index contributed by atoms with van der Waals surface area (Å²) in [6, 6.07) is 0.645. The van der Waals surface area contributed by atoms with Crippen LogP contribution in [0.1, 0.15) is 65.7 Å². The van der Waals surface area contributed by atoms with Crippen molar-refractivity contribution in [2.75, 3.05) is 20.6 Å². The third-order valence-electron chi connectivity index (χ3n) is 6.55. The van der Waals surface area contributed by atoms with Gasteiger partial charge in [-0.15, -0.1) is 0 Å². The Bertz CT molecular complexity index is 302. The second kappa shape index (κ2) is 6.79. The Kier molecular flexibility index (Phi) is 5.53. The molecular weight excluding hydrogens is 244 g/mol. The maximum atomic E-state index is 3.89. The number of likely N-dealkylation sites (N-methyl/N-ethyl adjacent to an activating group) is 1. The second-order valence-electron chi connectivity index (χ2n) is 7.78. The summed E-state index contributed by atoms with van der Waals surface area (Å²) in [4.78, 5) is 2.45. The van der Waals surface area contributed by atoms with Crippen LogP contribution in [0.2, 0.25) is 0 Å². The molecule has 2 rings (SSSR count). The molecule has 5 unspecified atom stereocenters. The van der Waals surface area contributed by atoms with Crippen LogP contribution in [-0.4, -0.2) is 37.1 Å². The van der Waals surface area contributed by atoms with E-state index in [1.165, 1.54) is 44.9 Å². The molecule has 2 aliphatic carbocycles. The summed E-state index contributed by atoms with van der Waals surface area (Å²) in [7, 11) is 4.51. The van der Waals surface area contributed by atoms with E-state index < -0.39 is 0 Å². The number of hydrogen-bond donors (Lipinski definition) is 1. The third-order valence-corrected chi connectivity index (χ3v) is 6.55. The lowest BCUT2D eigenvalue weighted by Gasteiger charge is -2.45. The molecule has 0 saturated heterocycles. The molecule has 0 heterocycles. The molecule has 5 atom stereocenters. The minimum Gasteiger partial charge on any atom is -0.312 e. The highest BCUT2D eigenvalue weighted by Gasteiger charge is 2.43. The van der Waals surface area contributed by atoms with Crippen LogP contribution in [0.3, 0.4) is 0 Å². The molecule has 0 aromatic heterocycles. The first-order valence-corrected chi connectivity index (χ1v) is 8.92. The maximum absolute atomic E-state index is 3.89. The molecule has 2 saturated carbocycles. The van der Waals surface area contributed by atoms with Gasteiger partial charge in [0.2, 0.25) is 0 Å². The highest BCUT2D eigenvalue weighted by Crippen LogP contribution is 2.50. The van der Waals surface area contributed by atoms with E-state index in [9.17, 15) is 0 Å². The molecule has 1 N–H and O–H groups in total. The zero-order valence-corrected chi connectivity index (χ0v) is 14.4. The summed E-state index contributed by atoms with van der Waals surface area (Å²) < 4.78 is 0. The molecule has 0 aliphatic heterocycles. The lowest BCUT2D eigenvalue weighted by Crippen LogP contribution is -2.57. The van der Waals surface area contributed by atoms with Gasteiger partial charge in [0.15, 0.2) is 0 Å². The Labute approximate surface area is 126 Å². The highest BCUT2D eigenvalue weighted by atomic mass is 15.2. The Morgan fingerprint density at radius 2 is 1.95 bits per heavy atom. The molecular formula is C18H36N2. The normalized spacial score (nSPS) is 33.6. The van der Waals surface area contributed by atoms with Gasteiger partial charge in [-0.25, -0.2) is 0 Å². The van der Waals surface area contributed by atoms with E-state index in [4.69, 9.17) is 0 Å². The van der Waals surface area contributed by atoms with E-state index in [2.05, 4.69) is 45.1 Å². The van der Waals surface area contributed by atoms with Crippen molar-refractivity contribution in [3.63, 3.8) is 0 Å². The minimum atomic E-state index is 0.289. The van der Waals surface area contributed by atoms with Crippen molar-refractivity contribution in [3.05, 3.63) is 0 Å². The topological polar surface area (TPSA) is 15.3 Å². The van der Waals surface area contributed by atoms with E-state index in [0.717, 1.165) is 24.3 Å². The van der Waals surface area contributed by atoms with Gasteiger partial charge >= 0.3 is 0 Å². The predicted octanol–water partition coefficient (Wildman–Crippen LogP) is 3.91. The molecule has 2 fully saturated rings. The van der Waals surface area contributed by atoms with Crippen LogP contribution in [-0.2, 0) is 0 Å². The second-order valence-corrected chi connectivity index (χ2v) is 7.78. The Balaban J connectivity index is 2.03. The molecule has 20 heavy (non-hydrogen) atoms. The van der Waals surface area contributed by atoms with Gasteiger partial charge in [0, 0.05) is 11.6 Å². The quantitative estimate of drug-likeness (QED) is 0.725. The van der Waals surface area contributed by atoms with Crippen molar-refractivity contribution >= 4 is 0 Å². The largest absolute Gasteiger partial charge is 0.312 e. The summed E-state index contributed by atoms with van der Waals surface area (Å²) in [5.41, 5.74) is 0.289. The Morgan fingerprint density at radius 1 is 1.20 bits per heavy atom. The van der Waals surface area contributed by atoms with Crippen LogP contribution in [0, 0.1) is 17.8 Å². The molecule has 0 aromatic rings. The summed E-state index contributed by atoms with van der Waals surface area (Å²) in [5, 5.41) is 3.89. The number of hydrogen-bond acceptors (Lipinski definition) is 2. The van der Waals surface area contributed by atoms with Gasteiger partial charge in [-0.3, -0.25) is 0 Å². The molecule has 0 amide bonds. The summed E-state index contributed by atoms with van der Waals surface area (Å²) in [6.07, 6.45) is 9.94. The van der Waals surface area contributed by atoms with E-state index in [-0.39, 0.29) is 5.54 Å². The SMILES string of the molecule is CCCNC(CC1CC2CCC1C2)C(C)(CC)N(C)C. The number of nitrogens with one attached hydrogen (secondary N) is 1. The molecule has 0 aromatic carbocycles. The zero-order chi connectivity index (χ0) is 14.8. The fourth-order valence-electron chi connectivity index (χ4n) is 4.72. The molecule has 118 valence electrons. The lowest BCUT2D eigenvalue weighted by atomic mass is 9.77. The molecule has 2 heteroatoms. The molecule has 2 nitrogen and oxygen atoms in total. The van der Waals surface area contributed by atoms with Gasteiger partial charge < -0.3 is 10.2 Å². The summed E-state index contributed by atoms with van der Waals surface area (Å²) in [6.45, 7) is 8.24. The maximum Gasteiger partial charge on any atom is 0.0325 e. The van der Waals surface area contributed by atoms with E-state index in [1.54, 1.807) is 0 Å². The number of fused-ring (bicyclic) bond motifs is 2. The van der Waals surface area contributed by atoms with Gasteiger partial charge in [-0.05, 0) is 83.8 Å². The van der Waals surface area contributed by atoms with Crippen LogP contribution < -0.4 is 5.32 Å². The van der Waals surface area contributed by atoms with Crippen molar-refractivity contribution in [1.82, 2.24) is 10.2 Å². The van der Waals surface area contributed by atoms with Gasteiger partial charge in [0.05, 0.1) is 0 Å². The number of nitrogens with zero attached hydrogens (tertiary/aromatic N) is 1. The zero-order valence-electron chi connectivity index (χ0n) is 14.4. The van der Waals surface area contributed by atoms with E-state index >= 15 is 0 Å². The van der Waals surface area contributed by atoms with Crippen LogP contribution in [0.25, 0.3) is 0 Å². The summed E-state index contributed by atoms with van der Waals surface area (Å²) in [5.74, 6) is 3.12. The fourth-order valence-corrected chi connectivity index (χ4v) is 4.72. The van der Waals surface area contributed by atoms with Crippen molar-refractivity contribution in [1.29, 1.82) is 0 Å². The van der Waals surface area contributed by atoms with Crippen molar-refractivity contribution in [2.45, 2.75) is 77.3 Å². The Hall–Kier alpha value is -0.0800. The first-order valence-electron chi connectivity index (χ1n) is 8.92. The highest BCUT2D eigenvalue weighted by molar-refractivity contribution is 4.99. The lowest BCUT2D eigenvalue weighted by molar-refractivity contribution is 0.0909. The van der Waals surface area contributed by atoms with Crippen LogP contribution in [0.4, 0.5) is 0 Å². The average Bonchev–Trinajstić information content (AvgIpc) is 3.04. The van der Waals surface area contributed by atoms with E-state index in [1.807, 2.05) is 0 Å². The Morgan fingerprint density at radius 3 is 2.40 bits per heavy atom. The van der Waals surface area contributed by atoms with Gasteiger partial charge in [0.25, 0.3) is 0 Å². The van der Waals surface area contributed by atoms with Crippen molar-refractivity contribution < 1.29 is 0 Å². The smallest absolute Gasteiger partial charge is 0.0325 e. The molecule has 0 radical (unpaired) electrons. The van der Waals surface area contributed by atoms with E-state index in [0.29, 0.717) is 6.04 Å². The van der Waals surface area contributed by atoms with Crippen LogP contribution in [0.15, 0.2) is 0 Å². The first kappa shape index (κ1) is 16.3. The average molecular weight is 280 g/mol. The fraction of sp³-hybridized carbons (Fsp3) is 1.00. The van der Waals surface area contributed by atoms with Gasteiger partial charge in [-0.2, -0.15) is 0 Å². The van der Waals surface area contributed by atoms with Crippen molar-refractivity contribution in [2.24, 2.45) is 17.8 Å². The molecule has 2 aliphatic rings. The molecule has 0 spiro atoms. The van der Waals surface area contributed by atoms with Crippen LogP contribution >= 0.6 is 0 Å².